The predicted molar refractivity (Wildman–Crippen MR) is 98.6 cm³/mol. The molecular weight excluding hydrogens is 335 g/mol. The van der Waals surface area contributed by atoms with Crippen molar-refractivity contribution in [1.82, 2.24) is 5.32 Å². The molecule has 0 bridgehead atoms. The number of anilines is 1. The summed E-state index contributed by atoms with van der Waals surface area (Å²) in [6.07, 6.45) is 0. The SMILES string of the molecule is CCOc1ccc(CNC(=O)C(=O)Nc2ccc(C(C)C)cc2)cc1F. The molecule has 2 aromatic carbocycles. The van der Waals surface area contributed by atoms with E-state index in [1.54, 1.807) is 25.1 Å². The molecule has 0 atom stereocenters. The van der Waals surface area contributed by atoms with Gasteiger partial charge in [0.1, 0.15) is 0 Å². The van der Waals surface area contributed by atoms with Crippen LogP contribution in [0.15, 0.2) is 42.5 Å². The monoisotopic (exact) mass is 358 g/mol. The van der Waals surface area contributed by atoms with Crippen LogP contribution < -0.4 is 15.4 Å². The van der Waals surface area contributed by atoms with E-state index >= 15 is 0 Å². The van der Waals surface area contributed by atoms with E-state index in [9.17, 15) is 14.0 Å². The fourth-order valence-corrected chi connectivity index (χ4v) is 2.33. The van der Waals surface area contributed by atoms with Crippen LogP contribution in [0.2, 0.25) is 0 Å². The molecule has 0 heterocycles. The Morgan fingerprint density at radius 3 is 2.35 bits per heavy atom. The van der Waals surface area contributed by atoms with E-state index in [0.29, 0.717) is 23.8 Å². The smallest absolute Gasteiger partial charge is 0.313 e. The maximum Gasteiger partial charge on any atom is 0.313 e. The van der Waals surface area contributed by atoms with Crippen LogP contribution in [0.5, 0.6) is 5.75 Å². The molecule has 138 valence electrons. The maximum atomic E-state index is 13.8. The molecule has 2 amide bonds. The highest BCUT2D eigenvalue weighted by Crippen LogP contribution is 2.18. The Balaban J connectivity index is 1.89. The van der Waals surface area contributed by atoms with Crippen LogP contribution in [0, 0.1) is 5.82 Å². The quantitative estimate of drug-likeness (QED) is 0.775. The van der Waals surface area contributed by atoms with Gasteiger partial charge < -0.3 is 15.4 Å². The lowest BCUT2D eigenvalue weighted by Gasteiger charge is -2.10. The van der Waals surface area contributed by atoms with Gasteiger partial charge in [0.25, 0.3) is 0 Å². The average Bonchev–Trinajstić information content (AvgIpc) is 2.62. The third-order valence-corrected chi connectivity index (χ3v) is 3.79. The molecule has 0 aliphatic carbocycles. The number of carbonyl (C=O) groups is 2. The number of benzene rings is 2. The second kappa shape index (κ2) is 8.99. The molecule has 0 aromatic heterocycles. The van der Waals surface area contributed by atoms with Gasteiger partial charge in [-0.05, 0) is 48.2 Å². The first-order valence-electron chi connectivity index (χ1n) is 8.51. The van der Waals surface area contributed by atoms with Crippen LogP contribution in [0.25, 0.3) is 0 Å². The molecule has 5 nitrogen and oxygen atoms in total. The zero-order chi connectivity index (χ0) is 19.1. The molecular formula is C20H23FN2O3. The first-order chi connectivity index (χ1) is 12.4. The van der Waals surface area contributed by atoms with Crippen molar-refractivity contribution in [3.05, 3.63) is 59.4 Å². The zero-order valence-corrected chi connectivity index (χ0v) is 15.1. The lowest BCUT2D eigenvalue weighted by Crippen LogP contribution is -2.34. The first kappa shape index (κ1) is 19.4. The fourth-order valence-electron chi connectivity index (χ4n) is 2.33. The highest BCUT2D eigenvalue weighted by molar-refractivity contribution is 6.39. The van der Waals surface area contributed by atoms with Gasteiger partial charge in [-0.3, -0.25) is 9.59 Å². The summed E-state index contributed by atoms with van der Waals surface area (Å²) in [7, 11) is 0. The van der Waals surface area contributed by atoms with Crippen molar-refractivity contribution >= 4 is 17.5 Å². The number of carbonyl (C=O) groups excluding carboxylic acids is 2. The maximum absolute atomic E-state index is 13.8. The average molecular weight is 358 g/mol. The van der Waals surface area contributed by atoms with Crippen LogP contribution in [-0.2, 0) is 16.1 Å². The molecule has 0 aliphatic rings. The summed E-state index contributed by atoms with van der Waals surface area (Å²) in [4.78, 5) is 23.9. The van der Waals surface area contributed by atoms with Crippen molar-refractivity contribution in [2.24, 2.45) is 0 Å². The molecule has 26 heavy (non-hydrogen) atoms. The summed E-state index contributed by atoms with van der Waals surface area (Å²) < 4.78 is 18.9. The van der Waals surface area contributed by atoms with Crippen molar-refractivity contribution in [1.29, 1.82) is 0 Å². The van der Waals surface area contributed by atoms with Gasteiger partial charge in [0.15, 0.2) is 11.6 Å². The Kier molecular flexibility index (Phi) is 6.72. The third-order valence-electron chi connectivity index (χ3n) is 3.79. The van der Waals surface area contributed by atoms with Crippen LogP contribution in [-0.4, -0.2) is 18.4 Å². The van der Waals surface area contributed by atoms with Crippen molar-refractivity contribution in [2.45, 2.75) is 33.2 Å². The lowest BCUT2D eigenvalue weighted by molar-refractivity contribution is -0.136. The Labute approximate surface area is 152 Å². The summed E-state index contributed by atoms with van der Waals surface area (Å²) >= 11 is 0. The topological polar surface area (TPSA) is 67.4 Å². The Hall–Kier alpha value is -2.89. The first-order valence-corrected chi connectivity index (χ1v) is 8.51. The molecule has 2 rings (SSSR count). The van der Waals surface area contributed by atoms with Gasteiger partial charge >= 0.3 is 11.8 Å². The summed E-state index contributed by atoms with van der Waals surface area (Å²) in [5.41, 5.74) is 2.22. The standard InChI is InChI=1S/C20H23FN2O3/c1-4-26-18-10-5-14(11-17(18)21)12-22-19(24)20(25)23-16-8-6-15(7-9-16)13(2)3/h5-11,13H,4,12H2,1-3H3,(H,22,24)(H,23,25). The second-order valence-electron chi connectivity index (χ2n) is 6.11. The van der Waals surface area contributed by atoms with E-state index < -0.39 is 17.6 Å². The Morgan fingerprint density at radius 2 is 1.77 bits per heavy atom. The summed E-state index contributed by atoms with van der Waals surface area (Å²) in [5.74, 6) is -1.52. The van der Waals surface area contributed by atoms with Gasteiger partial charge in [-0.1, -0.05) is 32.0 Å². The fraction of sp³-hybridized carbons (Fsp3) is 0.300. The largest absolute Gasteiger partial charge is 0.491 e. The number of nitrogens with one attached hydrogen (secondary N) is 2. The number of hydrogen-bond donors (Lipinski definition) is 2. The predicted octanol–water partition coefficient (Wildman–Crippen LogP) is 3.60. The van der Waals surface area contributed by atoms with Crippen LogP contribution in [0.1, 0.15) is 37.8 Å². The molecule has 0 radical (unpaired) electrons. The van der Waals surface area contributed by atoms with Crippen LogP contribution in [0.4, 0.5) is 10.1 Å². The minimum atomic E-state index is -0.785. The van der Waals surface area contributed by atoms with Crippen molar-refractivity contribution in [3.8, 4) is 5.75 Å². The van der Waals surface area contributed by atoms with Crippen molar-refractivity contribution in [3.63, 3.8) is 0 Å². The van der Waals surface area contributed by atoms with Gasteiger partial charge in [0, 0.05) is 12.2 Å². The van der Waals surface area contributed by atoms with E-state index in [2.05, 4.69) is 24.5 Å². The Bertz CT molecular complexity index is 773. The summed E-state index contributed by atoms with van der Waals surface area (Å²) in [5, 5.41) is 5.01. The molecule has 2 N–H and O–H groups in total. The van der Waals surface area contributed by atoms with Crippen molar-refractivity contribution in [2.75, 3.05) is 11.9 Å². The van der Waals surface area contributed by atoms with E-state index in [1.807, 2.05) is 12.1 Å². The van der Waals surface area contributed by atoms with Gasteiger partial charge in [-0.15, -0.1) is 0 Å². The number of amides is 2. The van der Waals surface area contributed by atoms with Gasteiger partial charge in [-0.25, -0.2) is 4.39 Å². The minimum Gasteiger partial charge on any atom is -0.491 e. The highest BCUT2D eigenvalue weighted by Gasteiger charge is 2.14. The van der Waals surface area contributed by atoms with Crippen LogP contribution >= 0.6 is 0 Å². The molecule has 0 saturated carbocycles. The summed E-state index contributed by atoms with van der Waals surface area (Å²) in [6, 6.07) is 11.7. The summed E-state index contributed by atoms with van der Waals surface area (Å²) in [6.45, 7) is 6.32. The molecule has 0 unspecified atom stereocenters. The van der Waals surface area contributed by atoms with Gasteiger partial charge in [0.05, 0.1) is 6.61 Å². The molecule has 6 heteroatoms. The van der Waals surface area contributed by atoms with E-state index in [1.165, 1.54) is 12.1 Å². The third kappa shape index (κ3) is 5.31. The van der Waals surface area contributed by atoms with E-state index in [-0.39, 0.29) is 12.3 Å². The highest BCUT2D eigenvalue weighted by atomic mass is 19.1. The number of hydrogen-bond acceptors (Lipinski definition) is 3. The Morgan fingerprint density at radius 1 is 1.08 bits per heavy atom. The molecule has 0 aliphatic heterocycles. The van der Waals surface area contributed by atoms with Gasteiger partial charge in [-0.2, -0.15) is 0 Å². The number of ether oxygens (including phenoxy) is 1. The molecule has 0 spiro atoms. The minimum absolute atomic E-state index is 0.0435. The lowest BCUT2D eigenvalue weighted by atomic mass is 10.0. The zero-order valence-electron chi connectivity index (χ0n) is 15.1. The van der Waals surface area contributed by atoms with Crippen molar-refractivity contribution < 1.29 is 18.7 Å². The molecule has 2 aromatic rings. The number of rotatable bonds is 6. The second-order valence-corrected chi connectivity index (χ2v) is 6.11. The van der Waals surface area contributed by atoms with E-state index in [0.717, 1.165) is 5.56 Å². The molecule has 0 fully saturated rings. The number of halogens is 1. The van der Waals surface area contributed by atoms with E-state index in [4.69, 9.17) is 4.74 Å². The van der Waals surface area contributed by atoms with Gasteiger partial charge in [0.2, 0.25) is 0 Å². The normalized spacial score (nSPS) is 10.5. The van der Waals surface area contributed by atoms with Crippen LogP contribution in [0.3, 0.4) is 0 Å². The molecule has 0 saturated heterocycles.